The molecule has 0 fully saturated rings. The minimum atomic E-state index is -0.201. The third-order valence-electron chi connectivity index (χ3n) is 5.61. The molecule has 33 heavy (non-hydrogen) atoms. The van der Waals surface area contributed by atoms with Crippen LogP contribution in [-0.2, 0) is 13.7 Å². The largest absolute Gasteiger partial charge is 0.489 e. The third kappa shape index (κ3) is 4.78. The lowest BCUT2D eigenvalue weighted by Gasteiger charge is -2.12. The van der Waals surface area contributed by atoms with Crippen molar-refractivity contribution in [1.82, 2.24) is 9.55 Å². The molecule has 1 heterocycles. The Balaban J connectivity index is 1.45. The molecule has 0 bridgehead atoms. The molecule has 6 nitrogen and oxygen atoms in total. The number of nitrogens with one attached hydrogen (secondary N) is 1. The second-order valence-electron chi connectivity index (χ2n) is 7.85. The van der Waals surface area contributed by atoms with Crippen molar-refractivity contribution in [3.63, 3.8) is 0 Å². The number of carbonyl (C=O) groups excluding carboxylic acids is 1. The first-order valence-corrected chi connectivity index (χ1v) is 10.6. The van der Waals surface area contributed by atoms with Crippen molar-refractivity contribution < 1.29 is 9.53 Å². The zero-order chi connectivity index (χ0) is 23.4. The first kappa shape index (κ1) is 21.8. The van der Waals surface area contributed by atoms with Gasteiger partial charge >= 0.3 is 0 Å². The second kappa shape index (κ2) is 9.41. The average molecular weight is 437 g/mol. The topological polar surface area (TPSA) is 79.9 Å². The highest BCUT2D eigenvalue weighted by Crippen LogP contribution is 2.25. The lowest BCUT2D eigenvalue weighted by atomic mass is 10.1. The summed E-state index contributed by atoms with van der Waals surface area (Å²) >= 11 is 0. The average Bonchev–Trinajstić information content (AvgIpc) is 3.17. The first-order chi connectivity index (χ1) is 16.0. The Bertz CT molecular complexity index is 1350. The number of nitrogens with zero attached hydrogens (tertiary/aromatic N) is 3. The number of aryl methyl sites for hydroxylation is 2. The molecule has 0 unspecified atom stereocenters. The third-order valence-corrected chi connectivity index (χ3v) is 5.61. The predicted molar refractivity (Wildman–Crippen MR) is 128 cm³/mol. The van der Waals surface area contributed by atoms with E-state index in [0.29, 0.717) is 16.9 Å². The van der Waals surface area contributed by atoms with E-state index >= 15 is 0 Å². The van der Waals surface area contributed by atoms with Crippen molar-refractivity contribution in [2.24, 2.45) is 7.05 Å². The predicted octanol–water partition coefficient (Wildman–Crippen LogP) is 5.41. The van der Waals surface area contributed by atoms with Crippen LogP contribution in [0, 0.1) is 25.2 Å². The summed E-state index contributed by atoms with van der Waals surface area (Å²) in [6, 6.07) is 22.4. The molecule has 0 aliphatic carbocycles. The minimum absolute atomic E-state index is 0.201. The summed E-state index contributed by atoms with van der Waals surface area (Å²) in [5, 5.41) is 12.2. The molecule has 0 aliphatic heterocycles. The van der Waals surface area contributed by atoms with E-state index in [9.17, 15) is 10.1 Å². The summed E-state index contributed by atoms with van der Waals surface area (Å²) in [6.07, 6.45) is 1.83. The molecule has 4 rings (SSSR count). The molecule has 1 amide bonds. The second-order valence-corrected chi connectivity index (χ2v) is 7.85. The number of hydrogen-bond acceptors (Lipinski definition) is 4. The summed E-state index contributed by atoms with van der Waals surface area (Å²) in [5.74, 6) is 1.28. The smallest absolute Gasteiger partial charge is 0.255 e. The van der Waals surface area contributed by atoms with Crippen LogP contribution in [0.15, 0.2) is 72.9 Å². The van der Waals surface area contributed by atoms with Gasteiger partial charge in [-0.15, -0.1) is 0 Å². The molecule has 0 radical (unpaired) electrons. The van der Waals surface area contributed by atoms with Crippen LogP contribution in [0.5, 0.6) is 5.75 Å². The fraction of sp³-hybridized carbons (Fsp3) is 0.148. The van der Waals surface area contributed by atoms with Crippen LogP contribution in [0.1, 0.15) is 32.7 Å². The fourth-order valence-corrected chi connectivity index (χ4v) is 3.47. The SMILES string of the molecule is Cc1ccc(-c2ncc(C)n2C)cc1NC(=O)c1ccc(OCc2ccccc2C#N)cc1. The van der Waals surface area contributed by atoms with Crippen LogP contribution in [0.2, 0.25) is 0 Å². The summed E-state index contributed by atoms with van der Waals surface area (Å²) in [4.78, 5) is 17.3. The summed E-state index contributed by atoms with van der Waals surface area (Å²) in [7, 11) is 1.97. The zero-order valence-corrected chi connectivity index (χ0v) is 18.8. The molecular weight excluding hydrogens is 412 g/mol. The summed E-state index contributed by atoms with van der Waals surface area (Å²) < 4.78 is 7.81. The number of hydrogen-bond donors (Lipinski definition) is 1. The Labute approximate surface area is 193 Å². The summed E-state index contributed by atoms with van der Waals surface area (Å²) in [5.41, 5.74) is 5.65. The van der Waals surface area contributed by atoms with E-state index in [1.165, 1.54) is 0 Å². The Morgan fingerprint density at radius 2 is 1.85 bits per heavy atom. The number of carbonyl (C=O) groups is 1. The minimum Gasteiger partial charge on any atom is -0.489 e. The van der Waals surface area contributed by atoms with Gasteiger partial charge in [-0.25, -0.2) is 4.98 Å². The first-order valence-electron chi connectivity index (χ1n) is 10.6. The van der Waals surface area contributed by atoms with Crippen molar-refractivity contribution in [1.29, 1.82) is 5.26 Å². The normalized spacial score (nSPS) is 10.5. The maximum atomic E-state index is 12.9. The van der Waals surface area contributed by atoms with E-state index < -0.39 is 0 Å². The quantitative estimate of drug-likeness (QED) is 0.438. The Morgan fingerprint density at radius 3 is 2.55 bits per heavy atom. The molecular formula is C27H24N4O2. The van der Waals surface area contributed by atoms with Gasteiger partial charge in [0.2, 0.25) is 0 Å². The zero-order valence-electron chi connectivity index (χ0n) is 18.8. The molecule has 0 aliphatic rings. The van der Waals surface area contributed by atoms with Crippen molar-refractivity contribution in [3.05, 3.63) is 101 Å². The van der Waals surface area contributed by atoms with Crippen molar-refractivity contribution >= 4 is 11.6 Å². The number of rotatable bonds is 6. The lowest BCUT2D eigenvalue weighted by molar-refractivity contribution is 0.102. The molecule has 0 saturated heterocycles. The maximum absolute atomic E-state index is 12.9. The highest BCUT2D eigenvalue weighted by atomic mass is 16.5. The summed E-state index contributed by atoms with van der Waals surface area (Å²) in [6.45, 7) is 4.25. The van der Waals surface area contributed by atoms with Gasteiger partial charge in [-0.2, -0.15) is 5.26 Å². The van der Waals surface area contributed by atoms with Crippen LogP contribution in [-0.4, -0.2) is 15.5 Å². The number of ether oxygens (including phenoxy) is 1. The number of benzene rings is 3. The number of amides is 1. The Kier molecular flexibility index (Phi) is 6.23. The number of anilines is 1. The number of imidazole rings is 1. The monoisotopic (exact) mass is 436 g/mol. The van der Waals surface area contributed by atoms with Crippen LogP contribution >= 0.6 is 0 Å². The van der Waals surface area contributed by atoms with E-state index in [4.69, 9.17) is 4.74 Å². The van der Waals surface area contributed by atoms with Gasteiger partial charge in [-0.3, -0.25) is 4.79 Å². The highest BCUT2D eigenvalue weighted by Gasteiger charge is 2.12. The lowest BCUT2D eigenvalue weighted by Crippen LogP contribution is -2.13. The van der Waals surface area contributed by atoms with Crippen LogP contribution in [0.3, 0.4) is 0 Å². The van der Waals surface area contributed by atoms with Gasteiger partial charge in [-0.05, 0) is 55.8 Å². The maximum Gasteiger partial charge on any atom is 0.255 e. The highest BCUT2D eigenvalue weighted by molar-refractivity contribution is 6.05. The number of nitriles is 1. The van der Waals surface area contributed by atoms with E-state index in [2.05, 4.69) is 16.4 Å². The molecule has 0 spiro atoms. The standard InChI is InChI=1S/C27H24N4O2/c1-18-8-9-21(26-29-16-19(2)31(26)3)14-25(18)30-27(32)20-10-12-24(13-11-20)33-17-23-7-5-4-6-22(23)15-28/h4-14,16H,17H2,1-3H3,(H,30,32). The van der Waals surface area contributed by atoms with Gasteiger partial charge < -0.3 is 14.6 Å². The molecule has 6 heteroatoms. The molecule has 164 valence electrons. The molecule has 0 saturated carbocycles. The fourth-order valence-electron chi connectivity index (χ4n) is 3.47. The molecule has 4 aromatic rings. The van der Waals surface area contributed by atoms with Gasteiger partial charge in [0.25, 0.3) is 5.91 Å². The van der Waals surface area contributed by atoms with Crippen molar-refractivity contribution in [2.45, 2.75) is 20.5 Å². The molecule has 1 aromatic heterocycles. The number of aromatic nitrogens is 2. The van der Waals surface area contributed by atoms with Crippen LogP contribution < -0.4 is 10.1 Å². The van der Waals surface area contributed by atoms with Gasteiger partial charge in [0.05, 0.1) is 11.6 Å². The van der Waals surface area contributed by atoms with Gasteiger partial charge in [0.1, 0.15) is 18.2 Å². The van der Waals surface area contributed by atoms with Crippen LogP contribution in [0.4, 0.5) is 5.69 Å². The van der Waals surface area contributed by atoms with Crippen molar-refractivity contribution in [3.8, 4) is 23.2 Å². The van der Waals surface area contributed by atoms with E-state index in [1.807, 2.05) is 68.1 Å². The van der Waals surface area contributed by atoms with E-state index in [1.54, 1.807) is 30.3 Å². The van der Waals surface area contributed by atoms with E-state index in [0.717, 1.165) is 33.9 Å². The molecule has 1 N–H and O–H groups in total. The van der Waals surface area contributed by atoms with Gasteiger partial charge in [-0.1, -0.05) is 30.3 Å². The molecule has 3 aromatic carbocycles. The van der Waals surface area contributed by atoms with Crippen LogP contribution in [0.25, 0.3) is 11.4 Å². The van der Waals surface area contributed by atoms with E-state index in [-0.39, 0.29) is 12.5 Å². The molecule has 0 atom stereocenters. The van der Waals surface area contributed by atoms with Gasteiger partial charge in [0.15, 0.2) is 0 Å². The Hall–Kier alpha value is -4.37. The van der Waals surface area contributed by atoms with Gasteiger partial charge in [0, 0.05) is 41.3 Å². The Morgan fingerprint density at radius 1 is 1.09 bits per heavy atom. The van der Waals surface area contributed by atoms with Crippen molar-refractivity contribution in [2.75, 3.05) is 5.32 Å².